The van der Waals surface area contributed by atoms with E-state index in [2.05, 4.69) is 40.6 Å². The molecule has 1 aromatic carbocycles. The Morgan fingerprint density at radius 2 is 2.11 bits per heavy atom. The normalized spacial score (nSPS) is 16.2. The van der Waals surface area contributed by atoms with E-state index in [1.165, 1.54) is 11.1 Å². The smallest absolute Gasteiger partial charge is 0.217 e. The molecule has 0 radical (unpaired) electrons. The lowest BCUT2D eigenvalue weighted by atomic mass is 10.1. The Morgan fingerprint density at radius 3 is 2.83 bits per heavy atom. The molecular weight excluding hydrogens is 224 g/mol. The molecule has 0 bridgehead atoms. The summed E-state index contributed by atoms with van der Waals surface area (Å²) in [6, 6.07) is 10.5. The summed E-state index contributed by atoms with van der Waals surface area (Å²) in [6.45, 7) is 5.28. The molecule has 1 amide bonds. The number of amides is 1. The van der Waals surface area contributed by atoms with Gasteiger partial charge in [0.2, 0.25) is 5.91 Å². The van der Waals surface area contributed by atoms with Crippen molar-refractivity contribution in [1.29, 1.82) is 0 Å². The molecule has 1 heterocycles. The van der Waals surface area contributed by atoms with Crippen LogP contribution in [0.1, 0.15) is 18.9 Å². The van der Waals surface area contributed by atoms with E-state index in [0.29, 0.717) is 6.54 Å². The Hall–Kier alpha value is -1.61. The van der Waals surface area contributed by atoms with Crippen LogP contribution >= 0.6 is 0 Å². The number of hydrogen-bond acceptors (Lipinski definition) is 2. The van der Waals surface area contributed by atoms with E-state index < -0.39 is 0 Å². The van der Waals surface area contributed by atoms with Crippen LogP contribution in [0, 0.1) is 0 Å². The number of carbonyl (C=O) groups is 1. The highest BCUT2D eigenvalue weighted by Gasteiger charge is 2.12. The summed E-state index contributed by atoms with van der Waals surface area (Å²) in [6.07, 6.45) is 3.32. The van der Waals surface area contributed by atoms with Crippen molar-refractivity contribution >= 4 is 5.91 Å². The van der Waals surface area contributed by atoms with Crippen molar-refractivity contribution < 1.29 is 4.79 Å². The van der Waals surface area contributed by atoms with Gasteiger partial charge in [-0.1, -0.05) is 36.4 Å². The molecule has 0 atom stereocenters. The molecule has 1 aliphatic heterocycles. The Kier molecular flexibility index (Phi) is 4.53. The summed E-state index contributed by atoms with van der Waals surface area (Å²) >= 11 is 0. The molecule has 3 heteroatoms. The number of benzene rings is 1. The summed E-state index contributed by atoms with van der Waals surface area (Å²) < 4.78 is 0. The van der Waals surface area contributed by atoms with Crippen molar-refractivity contribution in [1.82, 2.24) is 10.2 Å². The second-order valence-electron chi connectivity index (χ2n) is 4.76. The largest absolute Gasteiger partial charge is 0.353 e. The summed E-state index contributed by atoms with van der Waals surface area (Å²) in [5.41, 5.74) is 2.66. The lowest BCUT2D eigenvalue weighted by molar-refractivity contribution is -0.118. The molecule has 0 saturated heterocycles. The Morgan fingerprint density at radius 1 is 1.33 bits per heavy atom. The number of nitrogens with zero attached hydrogens (tertiary/aromatic N) is 1. The average Bonchev–Trinajstić information content (AvgIpc) is 2.38. The molecule has 3 nitrogen and oxygen atoms in total. The van der Waals surface area contributed by atoms with Gasteiger partial charge in [-0.3, -0.25) is 9.69 Å². The van der Waals surface area contributed by atoms with Crippen molar-refractivity contribution in [2.75, 3.05) is 19.6 Å². The molecule has 1 aliphatic rings. The van der Waals surface area contributed by atoms with Gasteiger partial charge in [0.25, 0.3) is 0 Å². The van der Waals surface area contributed by atoms with Gasteiger partial charge in [0.05, 0.1) is 0 Å². The summed E-state index contributed by atoms with van der Waals surface area (Å²) in [7, 11) is 0. The molecule has 0 unspecified atom stereocenters. The minimum Gasteiger partial charge on any atom is -0.353 e. The molecule has 0 fully saturated rings. The molecule has 0 spiro atoms. The number of nitrogens with one attached hydrogen (secondary N) is 1. The maximum Gasteiger partial charge on any atom is 0.217 e. The van der Waals surface area contributed by atoms with Gasteiger partial charge in [0.1, 0.15) is 0 Å². The highest BCUT2D eigenvalue weighted by Crippen LogP contribution is 2.12. The summed E-state index contributed by atoms with van der Waals surface area (Å²) in [5.74, 6) is 0.0380. The quantitative estimate of drug-likeness (QED) is 0.821. The van der Waals surface area contributed by atoms with Crippen LogP contribution in [0.4, 0.5) is 0 Å². The van der Waals surface area contributed by atoms with E-state index in [-0.39, 0.29) is 5.91 Å². The van der Waals surface area contributed by atoms with Gasteiger partial charge >= 0.3 is 0 Å². The fourth-order valence-corrected chi connectivity index (χ4v) is 2.22. The predicted octanol–water partition coefficient (Wildman–Crippen LogP) is 1.95. The topological polar surface area (TPSA) is 32.3 Å². The maximum atomic E-state index is 10.9. The lowest BCUT2D eigenvalue weighted by Gasteiger charge is -2.27. The lowest BCUT2D eigenvalue weighted by Crippen LogP contribution is -2.34. The average molecular weight is 244 g/mol. The zero-order chi connectivity index (χ0) is 12.8. The first kappa shape index (κ1) is 12.8. The Balaban J connectivity index is 1.86. The standard InChI is InChI=1S/C15H20N2O/c1-13(18)16-10-15-8-5-9-17(12-15)11-14-6-3-2-4-7-14/h2-4,6-8H,5,9-12H2,1H3,(H,16,18). The zero-order valence-electron chi connectivity index (χ0n) is 10.9. The SMILES string of the molecule is CC(=O)NCC1=CCCN(Cc2ccccc2)C1. The van der Waals surface area contributed by atoms with Crippen LogP contribution in [0.3, 0.4) is 0 Å². The van der Waals surface area contributed by atoms with E-state index >= 15 is 0 Å². The van der Waals surface area contributed by atoms with E-state index in [1.54, 1.807) is 6.92 Å². The van der Waals surface area contributed by atoms with E-state index in [9.17, 15) is 4.79 Å². The number of carbonyl (C=O) groups excluding carboxylic acids is 1. The third-order valence-electron chi connectivity index (χ3n) is 3.12. The van der Waals surface area contributed by atoms with Crippen molar-refractivity contribution in [3.8, 4) is 0 Å². The van der Waals surface area contributed by atoms with Crippen molar-refractivity contribution in [3.63, 3.8) is 0 Å². The van der Waals surface area contributed by atoms with Gasteiger partial charge < -0.3 is 5.32 Å². The van der Waals surface area contributed by atoms with Crippen LogP contribution in [0.5, 0.6) is 0 Å². The first-order valence-corrected chi connectivity index (χ1v) is 6.42. The van der Waals surface area contributed by atoms with Gasteiger partial charge in [-0.2, -0.15) is 0 Å². The minimum atomic E-state index is 0.0380. The predicted molar refractivity (Wildman–Crippen MR) is 73.1 cm³/mol. The van der Waals surface area contributed by atoms with Crippen LogP contribution in [-0.2, 0) is 11.3 Å². The fourth-order valence-electron chi connectivity index (χ4n) is 2.22. The van der Waals surface area contributed by atoms with Gasteiger partial charge in [-0.25, -0.2) is 0 Å². The second-order valence-corrected chi connectivity index (χ2v) is 4.76. The highest BCUT2D eigenvalue weighted by atomic mass is 16.1. The molecule has 1 N–H and O–H groups in total. The first-order chi connectivity index (χ1) is 8.74. The minimum absolute atomic E-state index is 0.0380. The zero-order valence-corrected chi connectivity index (χ0v) is 10.9. The van der Waals surface area contributed by atoms with Crippen LogP contribution in [0.2, 0.25) is 0 Å². The fraction of sp³-hybridized carbons (Fsp3) is 0.400. The van der Waals surface area contributed by atoms with Gasteiger partial charge in [-0.05, 0) is 17.6 Å². The summed E-state index contributed by atoms with van der Waals surface area (Å²) in [4.78, 5) is 13.3. The molecule has 96 valence electrons. The van der Waals surface area contributed by atoms with Crippen molar-refractivity contribution in [3.05, 3.63) is 47.5 Å². The molecule has 0 aliphatic carbocycles. The van der Waals surface area contributed by atoms with Crippen LogP contribution in [-0.4, -0.2) is 30.4 Å². The van der Waals surface area contributed by atoms with Gasteiger partial charge in [0, 0.05) is 33.1 Å². The summed E-state index contributed by atoms with van der Waals surface area (Å²) in [5, 5.41) is 2.87. The van der Waals surface area contributed by atoms with Gasteiger partial charge in [-0.15, -0.1) is 0 Å². The molecular formula is C15H20N2O. The number of rotatable bonds is 4. The van der Waals surface area contributed by atoms with Crippen LogP contribution < -0.4 is 5.32 Å². The van der Waals surface area contributed by atoms with Crippen molar-refractivity contribution in [2.45, 2.75) is 19.9 Å². The monoisotopic (exact) mass is 244 g/mol. The third-order valence-corrected chi connectivity index (χ3v) is 3.12. The molecule has 0 aromatic heterocycles. The van der Waals surface area contributed by atoms with Crippen molar-refractivity contribution in [2.24, 2.45) is 0 Å². The second kappa shape index (κ2) is 6.36. The van der Waals surface area contributed by atoms with E-state index in [1.807, 2.05) is 6.07 Å². The molecule has 0 saturated carbocycles. The van der Waals surface area contributed by atoms with Crippen LogP contribution in [0.25, 0.3) is 0 Å². The highest BCUT2D eigenvalue weighted by molar-refractivity contribution is 5.73. The van der Waals surface area contributed by atoms with E-state index in [0.717, 1.165) is 26.1 Å². The first-order valence-electron chi connectivity index (χ1n) is 6.42. The van der Waals surface area contributed by atoms with Crippen LogP contribution in [0.15, 0.2) is 42.0 Å². The van der Waals surface area contributed by atoms with Gasteiger partial charge in [0.15, 0.2) is 0 Å². The number of hydrogen-bond donors (Lipinski definition) is 1. The molecule has 2 rings (SSSR count). The molecule has 18 heavy (non-hydrogen) atoms. The Labute approximate surface area is 108 Å². The third kappa shape index (κ3) is 4.00. The van der Waals surface area contributed by atoms with E-state index in [4.69, 9.17) is 0 Å². The molecule has 1 aromatic rings. The maximum absolute atomic E-state index is 10.9. The Bertz CT molecular complexity index is 425.